The normalized spacial score (nSPS) is 10.2. The largest absolute Gasteiger partial charge is 0.481 e. The van der Waals surface area contributed by atoms with Gasteiger partial charge in [-0.1, -0.05) is 194 Å². The van der Waals surface area contributed by atoms with Gasteiger partial charge in [-0.2, -0.15) is 0 Å². The molecule has 0 aliphatic rings. The third-order valence-electron chi connectivity index (χ3n) is 8.12. The standard InChI is InChI=1S/2C18H36O2.C2H4O3.Mg.2H/c2*1-2-3-4-5-6-7-8-9-10-11-12-13-14-15-16-17-18(19)20;3-1-2(4)5;;;/h2*2-17H2,1H3,(H,19,20);3H,1H2,(H,4,5);;;. The van der Waals surface area contributed by atoms with Crippen LogP contribution in [0.5, 0.6) is 0 Å². The molecule has 0 aromatic heterocycles. The first-order valence-electron chi connectivity index (χ1n) is 19.1. The molecule has 274 valence electrons. The van der Waals surface area contributed by atoms with E-state index in [2.05, 4.69) is 13.8 Å². The Labute approximate surface area is 300 Å². The van der Waals surface area contributed by atoms with Gasteiger partial charge in [-0.25, -0.2) is 4.79 Å². The summed E-state index contributed by atoms with van der Waals surface area (Å²) < 4.78 is 0. The number of rotatable bonds is 33. The molecular weight excluding hydrogens is 593 g/mol. The smallest absolute Gasteiger partial charge is 0.329 e. The number of aliphatic carboxylic acids is 3. The fraction of sp³-hybridized carbons (Fsp3) is 0.921. The van der Waals surface area contributed by atoms with Crippen molar-refractivity contribution in [1.82, 2.24) is 0 Å². The molecule has 0 aromatic rings. The maximum Gasteiger partial charge on any atom is 0.329 e. The summed E-state index contributed by atoms with van der Waals surface area (Å²) in [6.45, 7) is 3.76. The maximum atomic E-state index is 10.3. The number of hydrogen-bond donors (Lipinski definition) is 4. The molecule has 0 saturated carbocycles. The Morgan fingerprint density at radius 2 is 0.478 bits per heavy atom. The van der Waals surface area contributed by atoms with Crippen molar-refractivity contribution in [2.45, 2.75) is 219 Å². The van der Waals surface area contributed by atoms with E-state index < -0.39 is 24.5 Å². The molecule has 0 atom stereocenters. The first kappa shape index (κ1) is 52.0. The molecule has 0 bridgehead atoms. The molecule has 0 rings (SSSR count). The Morgan fingerprint density at radius 1 is 0.326 bits per heavy atom. The number of aliphatic hydroxyl groups is 1. The Hall–Kier alpha value is -0.864. The lowest BCUT2D eigenvalue weighted by Gasteiger charge is -2.03. The predicted molar refractivity (Wildman–Crippen MR) is 198 cm³/mol. The summed E-state index contributed by atoms with van der Waals surface area (Å²) >= 11 is 0. The van der Waals surface area contributed by atoms with E-state index in [9.17, 15) is 9.59 Å². The third-order valence-corrected chi connectivity index (χ3v) is 8.12. The number of carboxylic acid groups (broad SMARTS) is 3. The Balaban J connectivity index is -0.000000327. The second-order valence-electron chi connectivity index (χ2n) is 12.7. The van der Waals surface area contributed by atoms with E-state index in [0.29, 0.717) is 12.8 Å². The first-order chi connectivity index (χ1) is 21.8. The predicted octanol–water partition coefficient (Wildman–Crippen LogP) is 10.8. The van der Waals surface area contributed by atoms with E-state index in [1.165, 1.54) is 167 Å². The van der Waals surface area contributed by atoms with Crippen LogP contribution in [0, 0.1) is 0 Å². The zero-order chi connectivity index (χ0) is 34.1. The lowest BCUT2D eigenvalue weighted by Crippen LogP contribution is -1.98. The molecule has 0 amide bonds. The van der Waals surface area contributed by atoms with Crippen molar-refractivity contribution in [2.24, 2.45) is 0 Å². The SMILES string of the molecule is CCCCCCCCCCCCCCCCCC(=O)O.CCCCCCCCCCCCCCCCCC(=O)O.O=C(O)CO.[MgH2]. The Bertz CT molecular complexity index is 558. The van der Waals surface area contributed by atoms with Gasteiger partial charge in [0.15, 0.2) is 0 Å². The lowest BCUT2D eigenvalue weighted by molar-refractivity contribution is -0.140. The molecule has 46 heavy (non-hydrogen) atoms. The highest BCUT2D eigenvalue weighted by molar-refractivity contribution is 5.75. The van der Waals surface area contributed by atoms with Gasteiger partial charge in [-0.15, -0.1) is 0 Å². The topological polar surface area (TPSA) is 132 Å². The molecule has 0 saturated heterocycles. The highest BCUT2D eigenvalue weighted by atomic mass is 24.3. The van der Waals surface area contributed by atoms with Gasteiger partial charge in [0, 0.05) is 12.8 Å². The van der Waals surface area contributed by atoms with Gasteiger partial charge in [-0.05, 0) is 12.8 Å². The van der Waals surface area contributed by atoms with Gasteiger partial charge in [-0.3, -0.25) is 9.59 Å². The lowest BCUT2D eigenvalue weighted by atomic mass is 10.0. The van der Waals surface area contributed by atoms with Crippen molar-refractivity contribution in [3.8, 4) is 0 Å². The van der Waals surface area contributed by atoms with Crippen LogP contribution in [0.4, 0.5) is 0 Å². The summed E-state index contributed by atoms with van der Waals surface area (Å²) in [6.07, 6.45) is 40.4. The van der Waals surface area contributed by atoms with Crippen molar-refractivity contribution < 1.29 is 34.8 Å². The number of carboxylic acids is 3. The minimum absolute atomic E-state index is 0. The summed E-state index contributed by atoms with van der Waals surface area (Å²) in [5.41, 5.74) is 0. The first-order valence-corrected chi connectivity index (χ1v) is 19.1. The van der Waals surface area contributed by atoms with Crippen molar-refractivity contribution >= 4 is 41.0 Å². The number of carbonyl (C=O) groups is 3. The molecule has 0 heterocycles. The minimum atomic E-state index is -1.19. The van der Waals surface area contributed by atoms with Gasteiger partial charge < -0.3 is 20.4 Å². The summed E-state index contributed by atoms with van der Waals surface area (Å²) in [5, 5.41) is 32.1. The van der Waals surface area contributed by atoms with Crippen LogP contribution in [0.25, 0.3) is 0 Å². The summed E-state index contributed by atoms with van der Waals surface area (Å²) in [4.78, 5) is 29.8. The fourth-order valence-electron chi connectivity index (χ4n) is 5.30. The van der Waals surface area contributed by atoms with E-state index in [1.54, 1.807) is 0 Å². The average molecular weight is 671 g/mol. The molecular formula is C38H78MgO7. The molecule has 0 aliphatic carbocycles. The Morgan fingerprint density at radius 3 is 0.609 bits per heavy atom. The molecule has 0 radical (unpaired) electrons. The molecule has 0 spiro atoms. The third kappa shape index (κ3) is 62.0. The second kappa shape index (κ2) is 48.5. The molecule has 8 heteroatoms. The van der Waals surface area contributed by atoms with Crippen molar-refractivity contribution in [3.63, 3.8) is 0 Å². The van der Waals surface area contributed by atoms with E-state index in [-0.39, 0.29) is 23.1 Å². The van der Waals surface area contributed by atoms with Gasteiger partial charge >= 0.3 is 41.0 Å². The number of unbranched alkanes of at least 4 members (excludes halogenated alkanes) is 28. The molecule has 0 aliphatic heterocycles. The quantitative estimate of drug-likeness (QED) is 0.0403. The van der Waals surface area contributed by atoms with E-state index in [1.807, 2.05) is 0 Å². The van der Waals surface area contributed by atoms with Crippen LogP contribution in [0.1, 0.15) is 219 Å². The second-order valence-corrected chi connectivity index (χ2v) is 12.7. The van der Waals surface area contributed by atoms with E-state index >= 15 is 0 Å². The number of aliphatic hydroxyl groups excluding tert-OH is 1. The van der Waals surface area contributed by atoms with Crippen molar-refractivity contribution in [2.75, 3.05) is 6.61 Å². The summed E-state index contributed by atoms with van der Waals surface area (Å²) in [5.74, 6) is -2.50. The highest BCUT2D eigenvalue weighted by Crippen LogP contribution is 2.15. The zero-order valence-electron chi connectivity index (χ0n) is 29.8. The monoisotopic (exact) mass is 671 g/mol. The van der Waals surface area contributed by atoms with E-state index in [4.69, 9.17) is 25.2 Å². The van der Waals surface area contributed by atoms with Gasteiger partial charge in [0.1, 0.15) is 6.61 Å². The van der Waals surface area contributed by atoms with Gasteiger partial charge in [0.05, 0.1) is 0 Å². The summed E-state index contributed by atoms with van der Waals surface area (Å²) in [7, 11) is 0. The average Bonchev–Trinajstić information content (AvgIpc) is 3.01. The van der Waals surface area contributed by atoms with Crippen LogP contribution >= 0.6 is 0 Å². The van der Waals surface area contributed by atoms with Crippen LogP contribution in [0.3, 0.4) is 0 Å². The molecule has 0 fully saturated rings. The fourth-order valence-corrected chi connectivity index (χ4v) is 5.30. The Kier molecular flexibility index (Phi) is 54.8. The number of hydrogen-bond acceptors (Lipinski definition) is 4. The minimum Gasteiger partial charge on any atom is -0.481 e. The molecule has 7 nitrogen and oxygen atoms in total. The van der Waals surface area contributed by atoms with Crippen LogP contribution in [0.15, 0.2) is 0 Å². The molecule has 0 aromatic carbocycles. The van der Waals surface area contributed by atoms with Gasteiger partial charge in [0.2, 0.25) is 0 Å². The molecule has 0 unspecified atom stereocenters. The molecule has 4 N–H and O–H groups in total. The maximum absolute atomic E-state index is 10.3. The van der Waals surface area contributed by atoms with Crippen molar-refractivity contribution in [3.05, 3.63) is 0 Å². The zero-order valence-corrected chi connectivity index (χ0v) is 29.8. The highest BCUT2D eigenvalue weighted by Gasteiger charge is 1.98. The summed E-state index contributed by atoms with van der Waals surface area (Å²) in [6, 6.07) is 0. The van der Waals surface area contributed by atoms with Crippen LogP contribution in [-0.2, 0) is 14.4 Å². The van der Waals surface area contributed by atoms with Crippen LogP contribution in [0.2, 0.25) is 0 Å². The van der Waals surface area contributed by atoms with Gasteiger partial charge in [0.25, 0.3) is 0 Å². The van der Waals surface area contributed by atoms with E-state index in [0.717, 1.165) is 25.7 Å². The van der Waals surface area contributed by atoms with Crippen LogP contribution < -0.4 is 0 Å². The van der Waals surface area contributed by atoms with Crippen molar-refractivity contribution in [1.29, 1.82) is 0 Å². The van der Waals surface area contributed by atoms with Crippen LogP contribution in [-0.4, -0.2) is 68.0 Å².